The zero-order valence-electron chi connectivity index (χ0n) is 12.5. The maximum absolute atomic E-state index is 6.28. The van der Waals surface area contributed by atoms with Crippen LogP contribution < -0.4 is 5.73 Å². The van der Waals surface area contributed by atoms with E-state index in [1.165, 1.54) is 25.8 Å². The molecule has 6 heteroatoms. The Morgan fingerprint density at radius 1 is 1.36 bits per heavy atom. The lowest BCUT2D eigenvalue weighted by atomic mass is 9.78. The van der Waals surface area contributed by atoms with Gasteiger partial charge in [-0.05, 0) is 36.1 Å². The molecule has 0 radical (unpaired) electrons. The van der Waals surface area contributed by atoms with Gasteiger partial charge in [0.05, 0.1) is 10.6 Å². The van der Waals surface area contributed by atoms with E-state index < -0.39 is 0 Å². The van der Waals surface area contributed by atoms with Gasteiger partial charge in [-0.2, -0.15) is 0 Å². The van der Waals surface area contributed by atoms with Crippen LogP contribution in [0.4, 0.5) is 0 Å². The van der Waals surface area contributed by atoms with Crippen LogP contribution >= 0.6 is 23.7 Å². The van der Waals surface area contributed by atoms with Gasteiger partial charge in [0.1, 0.15) is 0 Å². The van der Waals surface area contributed by atoms with Gasteiger partial charge in [0.2, 0.25) is 0 Å². The normalized spacial score (nSPS) is 28.3. The third-order valence-electron chi connectivity index (χ3n) is 4.94. The number of hydrogen-bond donors (Lipinski definition) is 1. The fourth-order valence-electron chi connectivity index (χ4n) is 3.89. The van der Waals surface area contributed by atoms with E-state index in [1.54, 1.807) is 11.3 Å². The van der Waals surface area contributed by atoms with Crippen LogP contribution in [0.3, 0.4) is 0 Å². The summed E-state index contributed by atoms with van der Waals surface area (Å²) in [6.45, 7) is 3.17. The molecule has 0 aromatic carbocycles. The van der Waals surface area contributed by atoms with Crippen LogP contribution in [-0.2, 0) is 6.54 Å². The van der Waals surface area contributed by atoms with Gasteiger partial charge >= 0.3 is 0 Å². The van der Waals surface area contributed by atoms with Gasteiger partial charge in [-0.1, -0.05) is 17.6 Å². The fourth-order valence-corrected chi connectivity index (χ4v) is 4.56. The van der Waals surface area contributed by atoms with E-state index in [0.29, 0.717) is 12.0 Å². The Morgan fingerprint density at radius 3 is 3.05 bits per heavy atom. The summed E-state index contributed by atoms with van der Waals surface area (Å²) in [6, 6.07) is 6.58. The van der Waals surface area contributed by atoms with Crippen molar-refractivity contribution in [2.24, 2.45) is 17.6 Å². The highest BCUT2D eigenvalue weighted by Gasteiger charge is 2.38. The second kappa shape index (κ2) is 6.71. The van der Waals surface area contributed by atoms with Gasteiger partial charge in [0.15, 0.2) is 5.76 Å². The number of aromatic nitrogens is 1. The van der Waals surface area contributed by atoms with Crippen LogP contribution in [0, 0.1) is 11.8 Å². The second-order valence-corrected chi connectivity index (χ2v) is 7.32. The topological polar surface area (TPSA) is 55.3 Å². The van der Waals surface area contributed by atoms with Crippen molar-refractivity contribution in [1.82, 2.24) is 10.1 Å². The third kappa shape index (κ3) is 3.08. The van der Waals surface area contributed by atoms with E-state index in [1.807, 2.05) is 6.07 Å². The van der Waals surface area contributed by atoms with Crippen molar-refractivity contribution >= 4 is 23.7 Å². The number of rotatable bonds is 3. The predicted molar refractivity (Wildman–Crippen MR) is 91.1 cm³/mol. The van der Waals surface area contributed by atoms with E-state index in [9.17, 15) is 0 Å². The summed E-state index contributed by atoms with van der Waals surface area (Å²) in [5, 5.41) is 6.29. The molecule has 1 saturated carbocycles. The molecule has 2 fully saturated rings. The molecule has 0 amide bonds. The zero-order valence-corrected chi connectivity index (χ0v) is 14.1. The monoisotopic (exact) mass is 339 g/mol. The summed E-state index contributed by atoms with van der Waals surface area (Å²) in [7, 11) is 0. The number of nitrogens with two attached hydrogens (primary N) is 1. The molecule has 1 saturated heterocycles. The van der Waals surface area contributed by atoms with Gasteiger partial charge in [-0.25, -0.2) is 0 Å². The summed E-state index contributed by atoms with van der Waals surface area (Å²) >= 11 is 1.68. The highest BCUT2D eigenvalue weighted by Crippen LogP contribution is 2.36. The van der Waals surface area contributed by atoms with Gasteiger partial charge in [-0.15, -0.1) is 23.7 Å². The molecule has 2 aliphatic rings. The molecular weight excluding hydrogens is 318 g/mol. The Bertz CT molecular complexity index is 600. The van der Waals surface area contributed by atoms with Crippen LogP contribution in [0.1, 0.15) is 25.0 Å². The molecular formula is C16H22ClN3OS. The number of halogens is 1. The Morgan fingerprint density at radius 2 is 2.27 bits per heavy atom. The fraction of sp³-hybridized carbons (Fsp3) is 0.562. The lowest BCUT2D eigenvalue weighted by Crippen LogP contribution is -2.38. The van der Waals surface area contributed by atoms with E-state index in [4.69, 9.17) is 10.3 Å². The number of hydrogen-bond acceptors (Lipinski definition) is 5. The van der Waals surface area contributed by atoms with Crippen molar-refractivity contribution in [2.45, 2.75) is 31.8 Å². The number of likely N-dealkylation sites (tertiary alicyclic amines) is 1. The van der Waals surface area contributed by atoms with Gasteiger partial charge in [0.25, 0.3) is 0 Å². The minimum absolute atomic E-state index is 0. The molecule has 1 aliphatic heterocycles. The molecule has 2 aromatic rings. The van der Waals surface area contributed by atoms with Crippen molar-refractivity contribution < 1.29 is 4.52 Å². The zero-order chi connectivity index (χ0) is 14.2. The lowest BCUT2D eigenvalue weighted by molar-refractivity contribution is 0.259. The Kier molecular flexibility index (Phi) is 4.88. The maximum Gasteiger partial charge on any atom is 0.177 e. The summed E-state index contributed by atoms with van der Waals surface area (Å²) in [5.41, 5.74) is 7.32. The van der Waals surface area contributed by atoms with Gasteiger partial charge in [-0.3, -0.25) is 4.90 Å². The molecule has 1 aliphatic carbocycles. The molecule has 4 rings (SSSR count). The molecule has 3 unspecified atom stereocenters. The Labute approximate surface area is 141 Å². The first-order valence-electron chi connectivity index (χ1n) is 7.77. The van der Waals surface area contributed by atoms with Gasteiger partial charge in [0, 0.05) is 31.7 Å². The van der Waals surface area contributed by atoms with Gasteiger partial charge < -0.3 is 10.3 Å². The van der Waals surface area contributed by atoms with E-state index in [0.717, 1.165) is 35.3 Å². The molecule has 3 heterocycles. The average Bonchev–Trinajstić information content (AvgIpc) is 3.18. The first kappa shape index (κ1) is 16.0. The lowest BCUT2D eigenvalue weighted by Gasteiger charge is -2.29. The van der Waals surface area contributed by atoms with E-state index >= 15 is 0 Å². The SMILES string of the molecule is Cl.NC1CCCC2CN(Cc3cc(-c4cccs4)on3)CC12. The molecule has 2 aromatic heterocycles. The van der Waals surface area contributed by atoms with E-state index in [2.05, 4.69) is 27.6 Å². The quantitative estimate of drug-likeness (QED) is 0.931. The van der Waals surface area contributed by atoms with E-state index in [-0.39, 0.29) is 12.4 Å². The highest BCUT2D eigenvalue weighted by atomic mass is 35.5. The minimum Gasteiger partial charge on any atom is -0.355 e. The maximum atomic E-state index is 6.28. The summed E-state index contributed by atoms with van der Waals surface area (Å²) in [5.74, 6) is 2.35. The summed E-state index contributed by atoms with van der Waals surface area (Å²) in [6.07, 6.45) is 3.83. The molecule has 4 nitrogen and oxygen atoms in total. The molecule has 2 N–H and O–H groups in total. The van der Waals surface area contributed by atoms with Crippen LogP contribution in [0.5, 0.6) is 0 Å². The summed E-state index contributed by atoms with van der Waals surface area (Å²) < 4.78 is 5.47. The molecule has 22 heavy (non-hydrogen) atoms. The standard InChI is InChI=1S/C16H21N3OS.ClH/c17-14-4-1-3-11-8-19(10-13(11)14)9-12-7-15(20-18-12)16-5-2-6-21-16;/h2,5-7,11,13-14H,1,3-4,8-10,17H2;1H. The van der Waals surface area contributed by atoms with Crippen molar-refractivity contribution in [3.05, 3.63) is 29.3 Å². The molecule has 3 atom stereocenters. The Hall–Kier alpha value is -0.880. The van der Waals surface area contributed by atoms with Crippen LogP contribution in [-0.4, -0.2) is 29.2 Å². The third-order valence-corrected chi connectivity index (χ3v) is 5.82. The van der Waals surface area contributed by atoms with Crippen molar-refractivity contribution in [1.29, 1.82) is 0 Å². The number of nitrogens with zero attached hydrogens (tertiary/aromatic N) is 2. The van der Waals surface area contributed by atoms with Crippen LogP contribution in [0.2, 0.25) is 0 Å². The van der Waals surface area contributed by atoms with Crippen molar-refractivity contribution in [2.75, 3.05) is 13.1 Å². The van der Waals surface area contributed by atoms with Crippen molar-refractivity contribution in [3.63, 3.8) is 0 Å². The molecule has 0 bridgehead atoms. The smallest absolute Gasteiger partial charge is 0.177 e. The number of fused-ring (bicyclic) bond motifs is 1. The largest absolute Gasteiger partial charge is 0.355 e. The number of thiophene rings is 1. The van der Waals surface area contributed by atoms with Crippen LogP contribution in [0.25, 0.3) is 10.6 Å². The minimum atomic E-state index is 0. The Balaban J connectivity index is 0.00000144. The van der Waals surface area contributed by atoms with Crippen molar-refractivity contribution in [3.8, 4) is 10.6 Å². The first-order chi connectivity index (χ1) is 10.3. The molecule has 0 spiro atoms. The predicted octanol–water partition coefficient (Wildman–Crippen LogP) is 3.38. The average molecular weight is 340 g/mol. The second-order valence-electron chi connectivity index (χ2n) is 6.37. The van der Waals surface area contributed by atoms with Crippen LogP contribution in [0.15, 0.2) is 28.1 Å². The highest BCUT2D eigenvalue weighted by molar-refractivity contribution is 7.13. The first-order valence-corrected chi connectivity index (χ1v) is 8.65. The summed E-state index contributed by atoms with van der Waals surface area (Å²) in [4.78, 5) is 3.64. The molecule has 120 valence electrons.